The van der Waals surface area contributed by atoms with Gasteiger partial charge in [0, 0.05) is 10.7 Å². The fourth-order valence-electron chi connectivity index (χ4n) is 1.73. The predicted molar refractivity (Wildman–Crippen MR) is 84.6 cm³/mol. The van der Waals surface area contributed by atoms with Crippen LogP contribution in [0.3, 0.4) is 0 Å². The third kappa shape index (κ3) is 3.81. The monoisotopic (exact) mass is 365 g/mol. The molecule has 0 heterocycles. The van der Waals surface area contributed by atoms with Gasteiger partial charge >= 0.3 is 0 Å². The molecule has 0 amide bonds. The maximum absolute atomic E-state index is 12.4. The van der Waals surface area contributed by atoms with Gasteiger partial charge in [-0.05, 0) is 29.8 Å². The number of hydrogen-bond donors (Lipinski definition) is 2. The average Bonchev–Trinajstić information content (AvgIpc) is 2.36. The standard InChI is InChI=1S/C13H10Cl3NO3S/c14-9-5-11(15)13(12(16)6-9)21(19,20)17-10-3-1-2-8(4-10)7-18/h1-6,17-18H,7H2. The lowest BCUT2D eigenvalue weighted by Crippen LogP contribution is -2.14. The maximum Gasteiger partial charge on any atom is 0.264 e. The highest BCUT2D eigenvalue weighted by molar-refractivity contribution is 7.93. The Balaban J connectivity index is 2.43. The van der Waals surface area contributed by atoms with Crippen molar-refractivity contribution in [1.82, 2.24) is 0 Å². The molecule has 0 aromatic heterocycles. The molecular weight excluding hydrogens is 357 g/mol. The van der Waals surface area contributed by atoms with Crippen LogP contribution in [-0.2, 0) is 16.6 Å². The first-order valence-corrected chi connectivity index (χ1v) is 8.32. The van der Waals surface area contributed by atoms with Gasteiger partial charge in [0.25, 0.3) is 10.0 Å². The van der Waals surface area contributed by atoms with Crippen molar-refractivity contribution in [1.29, 1.82) is 0 Å². The van der Waals surface area contributed by atoms with E-state index in [-0.39, 0.29) is 26.6 Å². The second kappa shape index (κ2) is 6.42. The molecule has 2 rings (SSSR count). The van der Waals surface area contributed by atoms with Gasteiger partial charge in [0.15, 0.2) is 0 Å². The van der Waals surface area contributed by atoms with Gasteiger partial charge in [-0.3, -0.25) is 4.72 Å². The van der Waals surface area contributed by atoms with Gasteiger partial charge in [-0.15, -0.1) is 0 Å². The minimum absolute atomic E-state index is 0.0710. The van der Waals surface area contributed by atoms with Crippen molar-refractivity contribution < 1.29 is 13.5 Å². The van der Waals surface area contributed by atoms with E-state index in [1.54, 1.807) is 18.2 Å². The molecular formula is C13H10Cl3NO3S. The van der Waals surface area contributed by atoms with Crippen LogP contribution in [0.4, 0.5) is 5.69 Å². The van der Waals surface area contributed by atoms with Crippen LogP contribution in [0.5, 0.6) is 0 Å². The lowest BCUT2D eigenvalue weighted by Gasteiger charge is -2.12. The van der Waals surface area contributed by atoms with Crippen LogP contribution in [0.15, 0.2) is 41.3 Å². The van der Waals surface area contributed by atoms with E-state index in [9.17, 15) is 8.42 Å². The summed E-state index contributed by atoms with van der Waals surface area (Å²) in [6.45, 7) is -0.196. The summed E-state index contributed by atoms with van der Waals surface area (Å²) >= 11 is 17.6. The highest BCUT2D eigenvalue weighted by Crippen LogP contribution is 2.33. The average molecular weight is 367 g/mol. The van der Waals surface area contributed by atoms with Gasteiger partial charge < -0.3 is 5.11 Å². The Kier molecular flexibility index (Phi) is 5.01. The molecule has 4 nitrogen and oxygen atoms in total. The van der Waals surface area contributed by atoms with E-state index < -0.39 is 10.0 Å². The number of aliphatic hydroxyl groups excluding tert-OH is 1. The van der Waals surface area contributed by atoms with Crippen molar-refractivity contribution in [3.63, 3.8) is 0 Å². The first-order valence-electron chi connectivity index (χ1n) is 5.70. The van der Waals surface area contributed by atoms with Crippen molar-refractivity contribution in [3.8, 4) is 0 Å². The predicted octanol–water partition coefficient (Wildman–Crippen LogP) is 3.94. The van der Waals surface area contributed by atoms with Gasteiger partial charge in [-0.2, -0.15) is 0 Å². The number of hydrogen-bond acceptors (Lipinski definition) is 3. The highest BCUT2D eigenvalue weighted by Gasteiger charge is 2.22. The van der Waals surface area contributed by atoms with Crippen LogP contribution < -0.4 is 4.72 Å². The van der Waals surface area contributed by atoms with Gasteiger partial charge in [-0.25, -0.2) is 8.42 Å². The molecule has 0 atom stereocenters. The Morgan fingerprint density at radius 1 is 1.05 bits per heavy atom. The fraction of sp³-hybridized carbons (Fsp3) is 0.0769. The van der Waals surface area contributed by atoms with Crippen molar-refractivity contribution in [3.05, 3.63) is 57.0 Å². The molecule has 21 heavy (non-hydrogen) atoms. The summed E-state index contributed by atoms with van der Waals surface area (Å²) in [7, 11) is -3.97. The molecule has 0 spiro atoms. The maximum atomic E-state index is 12.4. The van der Waals surface area contributed by atoms with Crippen molar-refractivity contribution in [2.45, 2.75) is 11.5 Å². The summed E-state index contributed by atoms with van der Waals surface area (Å²) in [5, 5.41) is 9.16. The summed E-state index contributed by atoms with van der Waals surface area (Å²) < 4.78 is 27.1. The Labute approximate surface area is 137 Å². The van der Waals surface area contributed by atoms with Gasteiger partial charge in [-0.1, -0.05) is 46.9 Å². The number of anilines is 1. The van der Waals surface area contributed by atoms with E-state index in [0.29, 0.717) is 11.3 Å². The molecule has 0 fully saturated rings. The second-order valence-corrected chi connectivity index (χ2v) is 7.03. The van der Waals surface area contributed by atoms with E-state index >= 15 is 0 Å². The number of nitrogens with one attached hydrogen (secondary N) is 1. The topological polar surface area (TPSA) is 66.4 Å². The molecule has 2 aromatic carbocycles. The van der Waals surface area contributed by atoms with E-state index in [0.717, 1.165) is 0 Å². The number of benzene rings is 2. The second-order valence-electron chi connectivity index (χ2n) is 4.16. The smallest absolute Gasteiger partial charge is 0.264 e. The molecule has 0 aliphatic rings. The molecule has 0 aliphatic heterocycles. The lowest BCUT2D eigenvalue weighted by atomic mass is 10.2. The Morgan fingerprint density at radius 3 is 2.24 bits per heavy atom. The van der Waals surface area contributed by atoms with Crippen molar-refractivity contribution in [2.75, 3.05) is 4.72 Å². The van der Waals surface area contributed by atoms with E-state index in [1.807, 2.05) is 0 Å². The van der Waals surface area contributed by atoms with Crippen molar-refractivity contribution >= 4 is 50.5 Å². The highest BCUT2D eigenvalue weighted by atomic mass is 35.5. The van der Waals surface area contributed by atoms with Crippen LogP contribution in [-0.4, -0.2) is 13.5 Å². The van der Waals surface area contributed by atoms with Crippen LogP contribution in [0, 0.1) is 0 Å². The van der Waals surface area contributed by atoms with Gasteiger partial charge in [0.05, 0.1) is 16.7 Å². The summed E-state index contributed by atoms with van der Waals surface area (Å²) in [6.07, 6.45) is 0. The Hall–Kier alpha value is -0.980. The molecule has 0 aliphatic carbocycles. The normalized spacial score (nSPS) is 11.4. The number of aliphatic hydroxyl groups is 1. The largest absolute Gasteiger partial charge is 0.392 e. The van der Waals surface area contributed by atoms with Crippen molar-refractivity contribution in [2.24, 2.45) is 0 Å². The zero-order valence-corrected chi connectivity index (χ0v) is 13.6. The quantitative estimate of drug-likeness (QED) is 0.861. The third-order valence-corrected chi connectivity index (χ3v) is 5.11. The zero-order chi connectivity index (χ0) is 15.6. The van der Waals surface area contributed by atoms with E-state index in [4.69, 9.17) is 39.9 Å². The summed E-state index contributed by atoms with van der Waals surface area (Å²) in [6, 6.07) is 8.94. The molecule has 0 saturated carbocycles. The number of rotatable bonds is 4. The molecule has 112 valence electrons. The Morgan fingerprint density at radius 2 is 1.67 bits per heavy atom. The molecule has 8 heteroatoms. The zero-order valence-electron chi connectivity index (χ0n) is 10.5. The first kappa shape index (κ1) is 16.4. The van der Waals surface area contributed by atoms with Crippen LogP contribution in [0.2, 0.25) is 15.1 Å². The molecule has 0 bridgehead atoms. The minimum atomic E-state index is -3.97. The van der Waals surface area contributed by atoms with Gasteiger partial charge in [0.1, 0.15) is 4.90 Å². The molecule has 2 aromatic rings. The van der Waals surface area contributed by atoms with Crippen LogP contribution in [0.1, 0.15) is 5.56 Å². The fourth-order valence-corrected chi connectivity index (χ4v) is 4.32. The summed E-state index contributed by atoms with van der Waals surface area (Å²) in [5.41, 5.74) is 0.868. The minimum Gasteiger partial charge on any atom is -0.392 e. The molecule has 0 radical (unpaired) electrons. The summed E-state index contributed by atoms with van der Waals surface area (Å²) in [5.74, 6) is 0. The molecule has 0 unspecified atom stereocenters. The lowest BCUT2D eigenvalue weighted by molar-refractivity contribution is 0.282. The Bertz CT molecular complexity index is 755. The third-order valence-electron chi connectivity index (χ3n) is 2.59. The van der Waals surface area contributed by atoms with Crippen LogP contribution >= 0.6 is 34.8 Å². The molecule has 2 N–H and O–H groups in total. The van der Waals surface area contributed by atoms with E-state index in [1.165, 1.54) is 18.2 Å². The number of halogens is 3. The van der Waals surface area contributed by atoms with E-state index in [2.05, 4.69) is 4.72 Å². The first-order chi connectivity index (χ1) is 9.83. The van der Waals surface area contributed by atoms with Crippen LogP contribution in [0.25, 0.3) is 0 Å². The number of sulfonamides is 1. The summed E-state index contributed by atoms with van der Waals surface area (Å²) in [4.78, 5) is -0.246. The van der Waals surface area contributed by atoms with Gasteiger partial charge in [0.2, 0.25) is 0 Å². The SMILES string of the molecule is O=S(=O)(Nc1cccc(CO)c1)c1c(Cl)cc(Cl)cc1Cl. The molecule has 0 saturated heterocycles.